The van der Waals surface area contributed by atoms with Crippen LogP contribution in [0.5, 0.6) is 0 Å². The van der Waals surface area contributed by atoms with Gasteiger partial charge in [0.2, 0.25) is 5.95 Å². The summed E-state index contributed by atoms with van der Waals surface area (Å²) in [4.78, 5) is 15.6. The van der Waals surface area contributed by atoms with E-state index in [0.29, 0.717) is 17.3 Å². The molecule has 35 heavy (non-hydrogen) atoms. The third-order valence-electron chi connectivity index (χ3n) is 6.47. The normalized spacial score (nSPS) is 15.0. The van der Waals surface area contributed by atoms with Crippen LogP contribution >= 0.6 is 0 Å². The van der Waals surface area contributed by atoms with E-state index in [-0.39, 0.29) is 4.90 Å². The summed E-state index contributed by atoms with van der Waals surface area (Å²) in [5.41, 5.74) is 4.16. The molecule has 1 aliphatic rings. The molecular formula is C25H27FN6O2S. The minimum absolute atomic E-state index is 0.317. The van der Waals surface area contributed by atoms with Crippen molar-refractivity contribution in [3.8, 4) is 0 Å². The van der Waals surface area contributed by atoms with Crippen LogP contribution < -0.4 is 10.2 Å². The second-order valence-corrected chi connectivity index (χ2v) is 10.8. The number of hydrogen-bond acceptors (Lipinski definition) is 7. The van der Waals surface area contributed by atoms with Crippen LogP contribution in [0.4, 0.5) is 21.7 Å². The Kier molecular flexibility index (Phi) is 6.14. The molecule has 5 rings (SSSR count). The topological polar surface area (TPSA) is 92.5 Å². The van der Waals surface area contributed by atoms with Crippen molar-refractivity contribution in [1.29, 1.82) is 0 Å². The van der Waals surface area contributed by atoms with Gasteiger partial charge in [-0.25, -0.2) is 27.8 Å². The van der Waals surface area contributed by atoms with Crippen molar-refractivity contribution in [2.45, 2.75) is 37.0 Å². The van der Waals surface area contributed by atoms with E-state index in [9.17, 15) is 12.8 Å². The summed E-state index contributed by atoms with van der Waals surface area (Å²) in [6.07, 6.45) is 11.5. The van der Waals surface area contributed by atoms with E-state index in [4.69, 9.17) is 0 Å². The Bertz CT molecular complexity index is 1460. The lowest BCUT2D eigenvalue weighted by molar-refractivity contribution is 0.488. The zero-order valence-corrected chi connectivity index (χ0v) is 20.5. The number of sulfone groups is 1. The van der Waals surface area contributed by atoms with Crippen LogP contribution in [-0.2, 0) is 16.3 Å². The molecule has 4 heterocycles. The first-order chi connectivity index (χ1) is 16.8. The highest BCUT2D eigenvalue weighted by Gasteiger charge is 2.25. The SMILES string of the molecule is CCc1cnc(N2CCC(c3cnc4c(Nc5ccc(S(C)(=O)=O)c(F)c5)cccn34)CC2)nc1. The number of nitrogens with zero attached hydrogens (tertiary/aromatic N) is 5. The molecule has 182 valence electrons. The zero-order chi connectivity index (χ0) is 24.6. The molecule has 0 saturated carbocycles. The standard InChI is InChI=1S/C25H27FN6O2S/c1-3-17-14-28-25(29-15-17)31-11-8-18(9-12-31)22-16-27-24-21(5-4-10-32(22)24)30-19-6-7-23(20(26)13-19)35(2,33)34/h4-7,10,13-16,18,30H,3,8-9,11-12H2,1-2H3. The Morgan fingerprint density at radius 1 is 1.09 bits per heavy atom. The van der Waals surface area contributed by atoms with Crippen LogP contribution in [0, 0.1) is 5.82 Å². The van der Waals surface area contributed by atoms with Gasteiger partial charge in [-0.2, -0.15) is 0 Å². The first-order valence-electron chi connectivity index (χ1n) is 11.6. The number of fused-ring (bicyclic) bond motifs is 1. The Labute approximate surface area is 203 Å². The van der Waals surface area contributed by atoms with Crippen molar-refractivity contribution < 1.29 is 12.8 Å². The van der Waals surface area contributed by atoms with Crippen molar-refractivity contribution in [3.05, 3.63) is 72.2 Å². The number of piperidine rings is 1. The van der Waals surface area contributed by atoms with E-state index in [2.05, 4.69) is 36.5 Å². The molecule has 0 unspecified atom stereocenters. The van der Waals surface area contributed by atoms with Gasteiger partial charge in [0, 0.05) is 61.4 Å². The molecular weight excluding hydrogens is 467 g/mol. The molecule has 0 atom stereocenters. The molecule has 0 aliphatic carbocycles. The second kappa shape index (κ2) is 9.26. The van der Waals surface area contributed by atoms with Crippen molar-refractivity contribution in [2.75, 3.05) is 29.6 Å². The number of imidazole rings is 1. The third kappa shape index (κ3) is 4.70. The predicted octanol–water partition coefficient (Wildman–Crippen LogP) is 4.36. The number of hydrogen-bond donors (Lipinski definition) is 1. The molecule has 10 heteroatoms. The van der Waals surface area contributed by atoms with Crippen molar-refractivity contribution in [2.24, 2.45) is 0 Å². The van der Waals surface area contributed by atoms with E-state index in [1.165, 1.54) is 12.1 Å². The molecule has 8 nitrogen and oxygen atoms in total. The number of nitrogens with one attached hydrogen (secondary N) is 1. The van der Waals surface area contributed by atoms with Gasteiger partial charge in [0.15, 0.2) is 15.5 Å². The molecule has 4 aromatic rings. The van der Waals surface area contributed by atoms with Gasteiger partial charge >= 0.3 is 0 Å². The molecule has 1 saturated heterocycles. The maximum Gasteiger partial charge on any atom is 0.225 e. The van der Waals surface area contributed by atoms with E-state index in [0.717, 1.165) is 61.5 Å². The molecule has 1 fully saturated rings. The third-order valence-corrected chi connectivity index (χ3v) is 7.60. The van der Waals surface area contributed by atoms with Gasteiger partial charge < -0.3 is 14.6 Å². The molecule has 1 aromatic carbocycles. The summed E-state index contributed by atoms with van der Waals surface area (Å²) in [5.74, 6) is 0.339. The summed E-state index contributed by atoms with van der Waals surface area (Å²) in [6, 6.07) is 7.80. The highest BCUT2D eigenvalue weighted by molar-refractivity contribution is 7.90. The Balaban J connectivity index is 1.33. The molecule has 3 aromatic heterocycles. The molecule has 0 amide bonds. The van der Waals surface area contributed by atoms with Gasteiger partial charge in [-0.3, -0.25) is 0 Å². The van der Waals surface area contributed by atoms with Gasteiger partial charge in [-0.15, -0.1) is 0 Å². The predicted molar refractivity (Wildman–Crippen MR) is 134 cm³/mol. The van der Waals surface area contributed by atoms with Crippen molar-refractivity contribution >= 4 is 32.8 Å². The lowest BCUT2D eigenvalue weighted by Crippen LogP contribution is -2.34. The summed E-state index contributed by atoms with van der Waals surface area (Å²) in [6.45, 7) is 3.83. The molecule has 0 spiro atoms. The molecule has 0 bridgehead atoms. The zero-order valence-electron chi connectivity index (χ0n) is 19.6. The minimum Gasteiger partial charge on any atom is -0.352 e. The average Bonchev–Trinajstić information content (AvgIpc) is 3.29. The van der Waals surface area contributed by atoms with Crippen molar-refractivity contribution in [3.63, 3.8) is 0 Å². The van der Waals surface area contributed by atoms with Crippen LogP contribution in [0.1, 0.15) is 36.9 Å². The Morgan fingerprint density at radius 2 is 1.83 bits per heavy atom. The number of pyridine rings is 1. The fraction of sp³-hybridized carbons (Fsp3) is 0.320. The Hall–Kier alpha value is -3.53. The van der Waals surface area contributed by atoms with E-state index in [1.54, 1.807) is 6.07 Å². The highest BCUT2D eigenvalue weighted by Crippen LogP contribution is 2.32. The fourth-order valence-corrected chi connectivity index (χ4v) is 5.26. The van der Waals surface area contributed by atoms with E-state index < -0.39 is 15.7 Å². The Morgan fingerprint density at radius 3 is 2.49 bits per heavy atom. The van der Waals surface area contributed by atoms with Gasteiger partial charge in [-0.1, -0.05) is 6.92 Å². The van der Waals surface area contributed by atoms with Crippen LogP contribution in [0.2, 0.25) is 0 Å². The van der Waals surface area contributed by atoms with Crippen LogP contribution in [0.15, 0.2) is 60.0 Å². The fourth-order valence-electron chi connectivity index (χ4n) is 4.53. The maximum absolute atomic E-state index is 14.3. The molecule has 1 N–H and O–H groups in total. The molecule has 0 radical (unpaired) electrons. The number of benzene rings is 1. The summed E-state index contributed by atoms with van der Waals surface area (Å²) in [5, 5.41) is 3.18. The largest absolute Gasteiger partial charge is 0.352 e. The van der Waals surface area contributed by atoms with Gasteiger partial charge in [0.1, 0.15) is 10.7 Å². The quantitative estimate of drug-likeness (QED) is 0.426. The molecule has 1 aliphatic heterocycles. The van der Waals surface area contributed by atoms with Gasteiger partial charge in [0.25, 0.3) is 0 Å². The summed E-state index contributed by atoms with van der Waals surface area (Å²) in [7, 11) is -3.62. The van der Waals surface area contributed by atoms with Crippen LogP contribution in [-0.4, -0.2) is 47.1 Å². The summed E-state index contributed by atoms with van der Waals surface area (Å²) < 4.78 is 39.8. The average molecular weight is 495 g/mol. The minimum atomic E-state index is -3.62. The lowest BCUT2D eigenvalue weighted by Gasteiger charge is -2.31. The van der Waals surface area contributed by atoms with Crippen LogP contribution in [0.25, 0.3) is 5.65 Å². The number of aryl methyl sites for hydroxylation is 1. The number of aromatic nitrogens is 4. The summed E-state index contributed by atoms with van der Waals surface area (Å²) >= 11 is 0. The first kappa shape index (κ1) is 23.2. The van der Waals surface area contributed by atoms with Crippen molar-refractivity contribution in [1.82, 2.24) is 19.4 Å². The number of anilines is 3. The first-order valence-corrected chi connectivity index (χ1v) is 13.5. The van der Waals surface area contributed by atoms with Gasteiger partial charge in [0.05, 0.1) is 5.69 Å². The van der Waals surface area contributed by atoms with Crippen LogP contribution in [0.3, 0.4) is 0 Å². The number of rotatable bonds is 6. The highest BCUT2D eigenvalue weighted by atomic mass is 32.2. The smallest absolute Gasteiger partial charge is 0.225 e. The van der Waals surface area contributed by atoms with E-state index in [1.807, 2.05) is 36.9 Å². The second-order valence-electron chi connectivity index (χ2n) is 8.85. The number of halogens is 1. The lowest BCUT2D eigenvalue weighted by atomic mass is 9.94. The van der Waals surface area contributed by atoms with E-state index >= 15 is 0 Å². The maximum atomic E-state index is 14.3. The monoisotopic (exact) mass is 494 g/mol. The van der Waals surface area contributed by atoms with Gasteiger partial charge in [-0.05, 0) is 55.2 Å².